The fraction of sp³-hybridized carbons (Fsp3) is 0.750. The second-order valence-corrected chi connectivity index (χ2v) is 1.85. The average molecular weight is 116 g/mol. The number of hydrogen-bond donors (Lipinski definition) is 2. The van der Waals surface area contributed by atoms with Crippen molar-refractivity contribution in [3.63, 3.8) is 0 Å². The van der Waals surface area contributed by atoms with Crippen molar-refractivity contribution in [3.8, 4) is 0 Å². The molecule has 1 aliphatic heterocycles. The summed E-state index contributed by atoms with van der Waals surface area (Å²) in [5, 5.41) is 11.0. The Hall–Kier alpha value is -0.770. The Bertz CT molecular complexity index is 115. The number of nitrogens with one attached hydrogen (secondary N) is 1. The number of carbonyl (C=O) groups excluding carboxylic acids is 1. The van der Waals surface area contributed by atoms with E-state index in [2.05, 4.69) is 5.32 Å². The molecule has 0 aliphatic carbocycles. The summed E-state index contributed by atoms with van der Waals surface area (Å²) in [6.07, 6.45) is -0.674. The van der Waals surface area contributed by atoms with Crippen LogP contribution in [0.4, 0.5) is 4.79 Å². The van der Waals surface area contributed by atoms with Gasteiger partial charge >= 0.3 is 6.03 Å². The number of hydrogen-bond acceptors (Lipinski definition) is 2. The molecule has 0 bridgehead atoms. The molecule has 8 heavy (non-hydrogen) atoms. The molecular formula is C4H8N2O2. The Labute approximate surface area is 47.1 Å². The largest absolute Gasteiger partial charge is 0.372 e. The highest BCUT2D eigenvalue weighted by molar-refractivity contribution is 5.76. The first-order chi connectivity index (χ1) is 3.70. The van der Waals surface area contributed by atoms with Crippen molar-refractivity contribution in [1.29, 1.82) is 0 Å². The highest BCUT2D eigenvalue weighted by atomic mass is 16.3. The van der Waals surface area contributed by atoms with Gasteiger partial charge in [-0.15, -0.1) is 0 Å². The molecule has 46 valence electrons. The minimum atomic E-state index is -0.674. The Balaban J connectivity index is 2.51. The SMILES string of the molecule is CN1CC(O)NC1=O. The molecule has 0 spiro atoms. The molecule has 0 aromatic carbocycles. The maximum atomic E-state index is 10.4. The minimum Gasteiger partial charge on any atom is -0.372 e. The number of carbonyl (C=O) groups is 1. The van der Waals surface area contributed by atoms with Gasteiger partial charge in [0.15, 0.2) is 0 Å². The maximum absolute atomic E-state index is 10.4. The highest BCUT2D eigenvalue weighted by Gasteiger charge is 2.22. The van der Waals surface area contributed by atoms with Crippen molar-refractivity contribution in [3.05, 3.63) is 0 Å². The van der Waals surface area contributed by atoms with Gasteiger partial charge in [0.2, 0.25) is 0 Å². The third-order valence-electron chi connectivity index (χ3n) is 1.08. The van der Waals surface area contributed by atoms with Crippen molar-refractivity contribution in [1.82, 2.24) is 10.2 Å². The predicted molar refractivity (Wildman–Crippen MR) is 27.2 cm³/mol. The molecular weight excluding hydrogens is 108 g/mol. The Morgan fingerprint density at radius 1 is 2.00 bits per heavy atom. The Morgan fingerprint density at radius 2 is 2.62 bits per heavy atom. The summed E-state index contributed by atoms with van der Waals surface area (Å²) in [4.78, 5) is 11.9. The van der Waals surface area contributed by atoms with Crippen molar-refractivity contribution in [2.75, 3.05) is 13.6 Å². The lowest BCUT2D eigenvalue weighted by molar-refractivity contribution is 0.164. The lowest BCUT2D eigenvalue weighted by Gasteiger charge is -2.01. The number of amides is 2. The van der Waals surface area contributed by atoms with Gasteiger partial charge in [0, 0.05) is 7.05 Å². The molecule has 4 nitrogen and oxygen atoms in total. The van der Waals surface area contributed by atoms with Crippen molar-refractivity contribution in [2.24, 2.45) is 0 Å². The van der Waals surface area contributed by atoms with Crippen LogP contribution in [0.1, 0.15) is 0 Å². The van der Waals surface area contributed by atoms with Gasteiger partial charge < -0.3 is 15.3 Å². The molecule has 1 aliphatic rings. The molecule has 1 heterocycles. The first kappa shape index (κ1) is 5.37. The summed E-state index contributed by atoms with van der Waals surface area (Å²) in [5.74, 6) is 0. The van der Waals surface area contributed by atoms with Crippen LogP contribution in [-0.4, -0.2) is 35.9 Å². The lowest BCUT2D eigenvalue weighted by atomic mass is 10.6. The molecule has 2 N–H and O–H groups in total. The zero-order valence-corrected chi connectivity index (χ0v) is 4.59. The number of aliphatic hydroxyl groups is 1. The van der Waals surface area contributed by atoms with E-state index in [-0.39, 0.29) is 6.03 Å². The van der Waals surface area contributed by atoms with Gasteiger partial charge in [-0.25, -0.2) is 4.79 Å². The minimum absolute atomic E-state index is 0.211. The molecule has 4 heteroatoms. The number of urea groups is 1. The fourth-order valence-electron chi connectivity index (χ4n) is 0.641. The van der Waals surface area contributed by atoms with Crippen LogP contribution in [0.5, 0.6) is 0 Å². The number of β-amino-alcohol motifs (C(OH)–C–C–N with tert-alkyl or cyclic N) is 1. The smallest absolute Gasteiger partial charge is 0.319 e. The summed E-state index contributed by atoms with van der Waals surface area (Å²) in [7, 11) is 1.63. The van der Waals surface area contributed by atoms with Crippen LogP contribution in [0, 0.1) is 0 Å². The zero-order chi connectivity index (χ0) is 6.15. The van der Waals surface area contributed by atoms with E-state index in [1.807, 2.05) is 0 Å². The van der Waals surface area contributed by atoms with E-state index in [0.29, 0.717) is 6.54 Å². The van der Waals surface area contributed by atoms with E-state index in [1.54, 1.807) is 7.05 Å². The topological polar surface area (TPSA) is 52.6 Å². The number of aliphatic hydroxyl groups excluding tert-OH is 1. The summed E-state index contributed by atoms with van der Waals surface area (Å²) in [6, 6.07) is -0.211. The van der Waals surface area contributed by atoms with Gasteiger partial charge in [0.25, 0.3) is 0 Å². The van der Waals surface area contributed by atoms with Crippen LogP contribution in [0.15, 0.2) is 0 Å². The number of likely N-dealkylation sites (N-methyl/N-ethyl adjacent to an activating group) is 1. The summed E-state index contributed by atoms with van der Waals surface area (Å²) in [5.41, 5.74) is 0. The lowest BCUT2D eigenvalue weighted by Crippen LogP contribution is -2.26. The van der Waals surface area contributed by atoms with Crippen LogP contribution in [-0.2, 0) is 0 Å². The van der Waals surface area contributed by atoms with Crippen molar-refractivity contribution < 1.29 is 9.90 Å². The first-order valence-electron chi connectivity index (χ1n) is 2.40. The third-order valence-corrected chi connectivity index (χ3v) is 1.08. The summed E-state index contributed by atoms with van der Waals surface area (Å²) in [6.45, 7) is 0.388. The molecule has 0 aromatic rings. The highest BCUT2D eigenvalue weighted by Crippen LogP contribution is 1.95. The number of nitrogens with zero attached hydrogens (tertiary/aromatic N) is 1. The standard InChI is InChI=1S/C4H8N2O2/c1-6-2-3(7)5-4(6)8/h3,7H,2H2,1H3,(H,5,8). The Morgan fingerprint density at radius 3 is 2.75 bits per heavy atom. The van der Waals surface area contributed by atoms with Crippen LogP contribution in [0.25, 0.3) is 0 Å². The zero-order valence-electron chi connectivity index (χ0n) is 4.59. The Kier molecular flexibility index (Phi) is 1.09. The van der Waals surface area contributed by atoms with E-state index in [1.165, 1.54) is 4.90 Å². The van der Waals surface area contributed by atoms with Gasteiger partial charge in [-0.05, 0) is 0 Å². The molecule has 1 saturated heterocycles. The summed E-state index contributed by atoms with van der Waals surface area (Å²) < 4.78 is 0. The van der Waals surface area contributed by atoms with E-state index >= 15 is 0 Å². The van der Waals surface area contributed by atoms with Crippen LogP contribution in [0.3, 0.4) is 0 Å². The van der Waals surface area contributed by atoms with E-state index in [0.717, 1.165) is 0 Å². The van der Waals surface area contributed by atoms with E-state index in [4.69, 9.17) is 5.11 Å². The molecule has 1 rings (SSSR count). The van der Waals surface area contributed by atoms with E-state index in [9.17, 15) is 4.79 Å². The normalized spacial score (nSPS) is 28.5. The van der Waals surface area contributed by atoms with Gasteiger partial charge in [0.1, 0.15) is 6.23 Å². The maximum Gasteiger partial charge on any atom is 0.319 e. The molecule has 1 unspecified atom stereocenters. The van der Waals surface area contributed by atoms with Crippen LogP contribution in [0.2, 0.25) is 0 Å². The summed E-state index contributed by atoms with van der Waals surface area (Å²) >= 11 is 0. The van der Waals surface area contributed by atoms with Gasteiger partial charge in [-0.3, -0.25) is 0 Å². The molecule has 0 radical (unpaired) electrons. The molecule has 2 amide bonds. The molecule has 1 atom stereocenters. The van der Waals surface area contributed by atoms with Gasteiger partial charge in [-0.2, -0.15) is 0 Å². The first-order valence-corrected chi connectivity index (χ1v) is 2.40. The quantitative estimate of drug-likeness (QED) is 0.424. The average Bonchev–Trinajstić information content (AvgIpc) is 1.85. The molecule has 0 saturated carbocycles. The van der Waals surface area contributed by atoms with Gasteiger partial charge in [0.05, 0.1) is 6.54 Å². The van der Waals surface area contributed by atoms with Crippen molar-refractivity contribution in [2.45, 2.75) is 6.23 Å². The fourth-order valence-corrected chi connectivity index (χ4v) is 0.641. The molecule has 1 fully saturated rings. The monoisotopic (exact) mass is 116 g/mol. The second kappa shape index (κ2) is 1.63. The number of rotatable bonds is 0. The van der Waals surface area contributed by atoms with Crippen LogP contribution >= 0.6 is 0 Å². The molecule has 0 aromatic heterocycles. The predicted octanol–water partition coefficient (Wildman–Crippen LogP) is -1.04. The van der Waals surface area contributed by atoms with Gasteiger partial charge in [-0.1, -0.05) is 0 Å². The third kappa shape index (κ3) is 0.742. The van der Waals surface area contributed by atoms with Crippen molar-refractivity contribution >= 4 is 6.03 Å². The van der Waals surface area contributed by atoms with E-state index < -0.39 is 6.23 Å². The van der Waals surface area contributed by atoms with Crippen LogP contribution < -0.4 is 5.32 Å². The second-order valence-electron chi connectivity index (χ2n) is 1.85.